The molecule has 0 N–H and O–H groups in total. The molecule has 0 fully saturated rings. The fourth-order valence-electron chi connectivity index (χ4n) is 8.78. The highest BCUT2D eigenvalue weighted by molar-refractivity contribution is 7.20. The molecule has 0 amide bonds. The summed E-state index contributed by atoms with van der Waals surface area (Å²) < 4.78 is 58.1. The van der Waals surface area contributed by atoms with Gasteiger partial charge < -0.3 is 0 Å². The molecule has 59 heavy (non-hydrogen) atoms. The lowest BCUT2D eigenvalue weighted by atomic mass is 9.85. The van der Waals surface area contributed by atoms with Crippen molar-refractivity contribution in [1.29, 1.82) is 0 Å². The third kappa shape index (κ3) is 5.40. The zero-order valence-electron chi connectivity index (χ0n) is 37.5. The first kappa shape index (κ1) is 28.0. The van der Waals surface area contributed by atoms with Crippen molar-refractivity contribution in [1.82, 2.24) is 9.97 Å². The molecule has 0 radical (unpaired) electrons. The lowest BCUT2D eigenvalue weighted by Gasteiger charge is -2.17. The highest BCUT2D eigenvalue weighted by Crippen LogP contribution is 2.56. The van der Waals surface area contributed by atoms with E-state index in [2.05, 4.69) is 83.8 Å². The van der Waals surface area contributed by atoms with Crippen LogP contribution < -0.4 is 0 Å². The molecule has 0 atom stereocenters. The summed E-state index contributed by atoms with van der Waals surface area (Å²) in [5.41, 5.74) is 6.28. The molecule has 0 saturated carbocycles. The third-order valence-electron chi connectivity index (χ3n) is 11.5. The minimum Gasteiger partial charge on any atom is -0.254 e. The molecule has 2 nitrogen and oxygen atoms in total. The van der Waals surface area contributed by atoms with Crippen LogP contribution in [0.15, 0.2) is 206 Å². The Labute approximate surface area is 353 Å². The molecule has 12 aromatic rings. The van der Waals surface area contributed by atoms with Crippen molar-refractivity contribution < 1.29 is 8.22 Å². The van der Waals surface area contributed by atoms with E-state index >= 15 is 0 Å². The van der Waals surface area contributed by atoms with Crippen molar-refractivity contribution in [2.75, 3.05) is 0 Å². The van der Waals surface area contributed by atoms with Crippen LogP contribution >= 0.6 is 11.3 Å². The number of rotatable bonds is 5. The van der Waals surface area contributed by atoms with Gasteiger partial charge in [-0.3, -0.25) is 4.98 Å². The number of benzene rings is 9. The van der Waals surface area contributed by atoms with E-state index < -0.39 is 12.1 Å². The quantitative estimate of drug-likeness (QED) is 0.163. The SMILES string of the molecule is [2H]c1c([2H])c([2H])c2c(-c3c(-c4cccc5ccccc45)sc(-c4cccc5ccccc45)c3-c3cccc4ccccc34)c([2H])c([2H])c(-c3ccc4ccc5cccnc5c4n3)c2c1[2H]. The minimum atomic E-state index is -0.426. The largest absolute Gasteiger partial charge is 0.254 e. The lowest BCUT2D eigenvalue weighted by Crippen LogP contribution is -1.93. The second-order valence-corrected chi connectivity index (χ2v) is 15.8. The summed E-state index contributed by atoms with van der Waals surface area (Å²) in [5, 5.41) is 8.17. The molecule has 0 unspecified atom stereocenters. The van der Waals surface area contributed by atoms with Gasteiger partial charge in [-0.2, -0.15) is 0 Å². The molecule has 3 heterocycles. The number of hydrogen-bond donors (Lipinski definition) is 0. The van der Waals surface area contributed by atoms with Crippen molar-refractivity contribution in [2.24, 2.45) is 0 Å². The normalized spacial score (nSPS) is 13.2. The molecular formula is C56H34N2S. The van der Waals surface area contributed by atoms with E-state index in [0.717, 1.165) is 75.1 Å². The van der Waals surface area contributed by atoms with E-state index in [1.54, 1.807) is 23.6 Å². The minimum absolute atomic E-state index is 0.137. The Morgan fingerprint density at radius 2 is 0.831 bits per heavy atom. The van der Waals surface area contributed by atoms with Crippen LogP contribution in [0, 0.1) is 0 Å². The van der Waals surface area contributed by atoms with Gasteiger partial charge in [-0.1, -0.05) is 188 Å². The van der Waals surface area contributed by atoms with Crippen molar-refractivity contribution in [3.05, 3.63) is 206 Å². The van der Waals surface area contributed by atoms with Gasteiger partial charge in [0, 0.05) is 54.5 Å². The highest BCUT2D eigenvalue weighted by atomic mass is 32.1. The molecule has 0 aliphatic rings. The van der Waals surface area contributed by atoms with Crippen LogP contribution in [0.2, 0.25) is 0 Å². The van der Waals surface area contributed by atoms with Gasteiger partial charge in [0.25, 0.3) is 0 Å². The molecular weight excluding hydrogens is 733 g/mol. The number of thiophene rings is 1. The van der Waals surface area contributed by atoms with E-state index in [1.807, 2.05) is 78.9 Å². The first-order chi connectivity index (χ1) is 31.8. The Morgan fingerprint density at radius 3 is 1.47 bits per heavy atom. The summed E-state index contributed by atoms with van der Waals surface area (Å²) in [4.78, 5) is 11.5. The van der Waals surface area contributed by atoms with Crippen LogP contribution in [0.25, 0.3) is 119 Å². The van der Waals surface area contributed by atoms with E-state index in [-0.39, 0.29) is 46.1 Å². The van der Waals surface area contributed by atoms with Crippen LogP contribution in [-0.4, -0.2) is 9.97 Å². The molecule has 3 heteroatoms. The zero-order valence-corrected chi connectivity index (χ0v) is 32.3. The van der Waals surface area contributed by atoms with Gasteiger partial charge in [0.05, 0.1) is 25.0 Å². The fraction of sp³-hybridized carbons (Fsp3) is 0. The molecule has 0 bridgehead atoms. The highest BCUT2D eigenvalue weighted by Gasteiger charge is 2.27. The third-order valence-corrected chi connectivity index (χ3v) is 12.7. The molecule has 0 aliphatic carbocycles. The van der Waals surface area contributed by atoms with Crippen molar-refractivity contribution in [3.8, 4) is 54.4 Å². The van der Waals surface area contributed by atoms with Gasteiger partial charge in [-0.25, -0.2) is 4.98 Å². The standard InChI is InChI=1S/C56H34N2S/c1-4-20-40-35(13-1)16-9-25-46(40)51-52(56(49-27-11-18-37-15-3-6-22-42(37)49)59-55(51)48-26-10-17-36-14-2-5-21-41(36)48)47-32-31-45(43-23-7-8-24-44(43)47)50-33-30-39-29-28-38-19-12-34-57-53(38)54(39)58-50/h1-34H/i7D,8D,23D,24D,31D,32D. The summed E-state index contributed by atoms with van der Waals surface area (Å²) in [5.74, 6) is 0. The Morgan fingerprint density at radius 1 is 0.356 bits per heavy atom. The molecule has 0 spiro atoms. The maximum Gasteiger partial charge on any atom is 0.0972 e. The second-order valence-electron chi connectivity index (χ2n) is 14.7. The molecule has 9 aromatic carbocycles. The monoisotopic (exact) mass is 772 g/mol. The second kappa shape index (κ2) is 13.6. The van der Waals surface area contributed by atoms with Crippen LogP contribution in [-0.2, 0) is 0 Å². The first-order valence-electron chi connectivity index (χ1n) is 22.6. The van der Waals surface area contributed by atoms with E-state index in [1.165, 1.54) is 0 Å². The molecule has 12 rings (SSSR count). The van der Waals surface area contributed by atoms with Crippen LogP contribution in [0.5, 0.6) is 0 Å². The van der Waals surface area contributed by atoms with Crippen LogP contribution in [0.3, 0.4) is 0 Å². The average molecular weight is 773 g/mol. The first-order valence-corrected chi connectivity index (χ1v) is 20.4. The predicted molar refractivity (Wildman–Crippen MR) is 252 cm³/mol. The fourth-order valence-corrected chi connectivity index (χ4v) is 10.2. The van der Waals surface area contributed by atoms with Gasteiger partial charge in [-0.05, 0) is 66.3 Å². The summed E-state index contributed by atoms with van der Waals surface area (Å²) in [6.07, 6.45) is 1.71. The smallest absolute Gasteiger partial charge is 0.0972 e. The van der Waals surface area contributed by atoms with Crippen molar-refractivity contribution >= 4 is 76.2 Å². The Kier molecular flexibility index (Phi) is 6.45. The van der Waals surface area contributed by atoms with Crippen LogP contribution in [0.4, 0.5) is 0 Å². The summed E-state index contributed by atoms with van der Waals surface area (Å²) in [7, 11) is 0. The summed E-state index contributed by atoms with van der Waals surface area (Å²) in [6.45, 7) is 0. The van der Waals surface area contributed by atoms with E-state index in [0.29, 0.717) is 22.3 Å². The van der Waals surface area contributed by atoms with E-state index in [9.17, 15) is 6.85 Å². The number of nitrogens with zero attached hydrogens (tertiary/aromatic N) is 2. The Bertz CT molecular complexity index is 3980. The summed E-state index contributed by atoms with van der Waals surface area (Å²) in [6, 6.07) is 53.1. The Balaban J connectivity index is 1.31. The maximum atomic E-state index is 10.3. The lowest BCUT2D eigenvalue weighted by molar-refractivity contribution is 1.37. The van der Waals surface area contributed by atoms with Crippen molar-refractivity contribution in [3.63, 3.8) is 0 Å². The van der Waals surface area contributed by atoms with E-state index in [4.69, 9.17) is 6.35 Å². The Hall–Kier alpha value is -7.46. The van der Waals surface area contributed by atoms with Crippen LogP contribution in [0.1, 0.15) is 8.22 Å². The van der Waals surface area contributed by atoms with Gasteiger partial charge in [-0.15, -0.1) is 11.3 Å². The van der Waals surface area contributed by atoms with Gasteiger partial charge in [0.2, 0.25) is 0 Å². The predicted octanol–water partition coefficient (Wildman–Crippen LogP) is 15.8. The molecule has 274 valence electrons. The number of pyridine rings is 2. The topological polar surface area (TPSA) is 25.8 Å². The van der Waals surface area contributed by atoms with Gasteiger partial charge in [0.1, 0.15) is 0 Å². The average Bonchev–Trinajstić information content (AvgIpc) is 3.74. The number of fused-ring (bicyclic) bond motifs is 7. The number of hydrogen-bond acceptors (Lipinski definition) is 3. The summed E-state index contributed by atoms with van der Waals surface area (Å²) >= 11 is 1.61. The zero-order chi connectivity index (χ0) is 44.1. The van der Waals surface area contributed by atoms with Crippen molar-refractivity contribution in [2.45, 2.75) is 0 Å². The van der Waals surface area contributed by atoms with Gasteiger partial charge in [0.15, 0.2) is 0 Å². The molecule has 0 saturated heterocycles. The van der Waals surface area contributed by atoms with Gasteiger partial charge >= 0.3 is 0 Å². The number of aromatic nitrogens is 2. The molecule has 0 aliphatic heterocycles. The molecule has 3 aromatic heterocycles. The maximum absolute atomic E-state index is 10.3.